The lowest BCUT2D eigenvalue weighted by atomic mass is 9.99. The van der Waals surface area contributed by atoms with Crippen molar-refractivity contribution < 1.29 is 17.6 Å². The van der Waals surface area contributed by atoms with Crippen LogP contribution in [0.4, 0.5) is 10.1 Å². The van der Waals surface area contributed by atoms with Crippen molar-refractivity contribution in [1.82, 2.24) is 0 Å². The maximum absolute atomic E-state index is 13.2. The highest BCUT2D eigenvalue weighted by molar-refractivity contribution is 7.91. The summed E-state index contributed by atoms with van der Waals surface area (Å²) in [6.07, 6.45) is 2.43. The lowest BCUT2D eigenvalue weighted by Crippen LogP contribution is -2.12. The molecule has 0 radical (unpaired) electrons. The van der Waals surface area contributed by atoms with E-state index >= 15 is 0 Å². The van der Waals surface area contributed by atoms with Crippen molar-refractivity contribution in [2.75, 3.05) is 16.8 Å². The molecule has 0 unspecified atom stereocenters. The molecule has 6 heteroatoms. The molecule has 1 aliphatic rings. The van der Waals surface area contributed by atoms with Crippen molar-refractivity contribution in [3.63, 3.8) is 0 Å². The van der Waals surface area contributed by atoms with Crippen LogP contribution in [0, 0.1) is 11.7 Å². The fraction of sp³-hybridized carbons (Fsp3) is 0.316. The molecular formula is C19H20FNO3S. The van der Waals surface area contributed by atoms with Crippen molar-refractivity contribution in [1.29, 1.82) is 0 Å². The summed E-state index contributed by atoms with van der Waals surface area (Å²) in [6.45, 7) is 0. The largest absolute Gasteiger partial charge is 0.322 e. The van der Waals surface area contributed by atoms with Gasteiger partial charge in [0, 0.05) is 11.3 Å². The lowest BCUT2D eigenvalue weighted by molar-refractivity contribution is 0.102. The summed E-state index contributed by atoms with van der Waals surface area (Å²) in [5.41, 5.74) is 2.01. The van der Waals surface area contributed by atoms with Gasteiger partial charge in [0.15, 0.2) is 9.84 Å². The van der Waals surface area contributed by atoms with E-state index in [9.17, 15) is 17.6 Å². The summed E-state index contributed by atoms with van der Waals surface area (Å²) in [5.74, 6) is 0.0509. The van der Waals surface area contributed by atoms with Crippen molar-refractivity contribution in [2.45, 2.75) is 19.3 Å². The van der Waals surface area contributed by atoms with Gasteiger partial charge in [-0.15, -0.1) is 0 Å². The fourth-order valence-corrected chi connectivity index (χ4v) is 4.97. The van der Waals surface area contributed by atoms with E-state index in [2.05, 4.69) is 5.32 Å². The number of nitrogens with one attached hydrogen (secondary N) is 1. The normalized spacial score (nSPS) is 18.8. The maximum atomic E-state index is 13.2. The minimum absolute atomic E-state index is 0.248. The van der Waals surface area contributed by atoms with Crippen molar-refractivity contribution in [2.24, 2.45) is 5.92 Å². The number of hydrogen-bond donors (Lipinski definition) is 1. The van der Waals surface area contributed by atoms with Crippen LogP contribution in [0.25, 0.3) is 0 Å². The van der Waals surface area contributed by atoms with E-state index in [1.165, 1.54) is 18.2 Å². The summed E-state index contributed by atoms with van der Waals surface area (Å²) in [6, 6.07) is 13.0. The average Bonchev–Trinajstić information content (AvgIpc) is 2.93. The van der Waals surface area contributed by atoms with E-state index < -0.39 is 15.7 Å². The molecule has 1 atom stereocenters. The Morgan fingerprint density at radius 1 is 1.16 bits per heavy atom. The number of halogens is 1. The molecule has 0 bridgehead atoms. The molecule has 4 nitrogen and oxygen atoms in total. The zero-order chi connectivity index (χ0) is 17.9. The molecule has 2 aromatic rings. The van der Waals surface area contributed by atoms with Crippen LogP contribution in [0.3, 0.4) is 0 Å². The SMILES string of the molecule is O=C(Nc1ccc(CC[C@H]2CCS(=O)(=O)C2)cc1)c1cccc(F)c1. The fourth-order valence-electron chi connectivity index (χ4n) is 3.06. The zero-order valence-electron chi connectivity index (χ0n) is 13.7. The first-order valence-electron chi connectivity index (χ1n) is 8.27. The van der Waals surface area contributed by atoms with Gasteiger partial charge in [-0.3, -0.25) is 4.79 Å². The van der Waals surface area contributed by atoms with E-state index in [0.717, 1.165) is 24.8 Å². The van der Waals surface area contributed by atoms with Gasteiger partial charge >= 0.3 is 0 Å². The maximum Gasteiger partial charge on any atom is 0.255 e. The third-order valence-corrected chi connectivity index (χ3v) is 6.30. The Morgan fingerprint density at radius 3 is 2.56 bits per heavy atom. The molecule has 1 N–H and O–H groups in total. The summed E-state index contributed by atoms with van der Waals surface area (Å²) >= 11 is 0. The number of anilines is 1. The summed E-state index contributed by atoms with van der Waals surface area (Å²) in [4.78, 5) is 12.1. The number of sulfone groups is 1. The van der Waals surface area contributed by atoms with Gasteiger partial charge in [0.2, 0.25) is 0 Å². The Morgan fingerprint density at radius 2 is 1.92 bits per heavy atom. The Balaban J connectivity index is 1.54. The highest BCUT2D eigenvalue weighted by Crippen LogP contribution is 2.23. The molecule has 1 aliphatic heterocycles. The van der Waals surface area contributed by atoms with Crippen LogP contribution in [-0.4, -0.2) is 25.8 Å². The van der Waals surface area contributed by atoms with Gasteiger partial charge in [-0.25, -0.2) is 12.8 Å². The number of benzene rings is 2. The van der Waals surface area contributed by atoms with Gasteiger partial charge in [-0.05, 0) is 61.1 Å². The van der Waals surface area contributed by atoms with Crippen LogP contribution in [0.15, 0.2) is 48.5 Å². The number of hydrogen-bond acceptors (Lipinski definition) is 3. The quantitative estimate of drug-likeness (QED) is 0.887. The first-order chi connectivity index (χ1) is 11.9. The number of aryl methyl sites for hydroxylation is 1. The Kier molecular flexibility index (Phi) is 5.18. The zero-order valence-corrected chi connectivity index (χ0v) is 14.6. The minimum atomic E-state index is -2.82. The predicted molar refractivity (Wildman–Crippen MR) is 95.9 cm³/mol. The Hall–Kier alpha value is -2.21. The first kappa shape index (κ1) is 17.6. The molecular weight excluding hydrogens is 341 g/mol. The molecule has 0 aliphatic carbocycles. The van der Waals surface area contributed by atoms with Gasteiger partial charge in [-0.1, -0.05) is 18.2 Å². The molecule has 1 amide bonds. The van der Waals surface area contributed by atoms with Gasteiger partial charge in [0.05, 0.1) is 11.5 Å². The van der Waals surface area contributed by atoms with E-state index in [1.54, 1.807) is 18.2 Å². The molecule has 2 aromatic carbocycles. The van der Waals surface area contributed by atoms with Crippen LogP contribution < -0.4 is 5.32 Å². The highest BCUT2D eigenvalue weighted by atomic mass is 32.2. The summed E-state index contributed by atoms with van der Waals surface area (Å²) in [5, 5.41) is 2.74. The molecule has 0 spiro atoms. The lowest BCUT2D eigenvalue weighted by Gasteiger charge is -2.09. The van der Waals surface area contributed by atoms with Crippen molar-refractivity contribution in [3.8, 4) is 0 Å². The third-order valence-electron chi connectivity index (χ3n) is 4.47. The number of carbonyl (C=O) groups excluding carboxylic acids is 1. The van der Waals surface area contributed by atoms with Crippen LogP contribution in [0.5, 0.6) is 0 Å². The van der Waals surface area contributed by atoms with Crippen molar-refractivity contribution >= 4 is 21.4 Å². The van der Waals surface area contributed by atoms with Crippen LogP contribution in [0.2, 0.25) is 0 Å². The molecule has 0 aromatic heterocycles. The third kappa shape index (κ3) is 4.89. The van der Waals surface area contributed by atoms with E-state index in [0.29, 0.717) is 17.2 Å². The van der Waals surface area contributed by atoms with Gasteiger partial charge < -0.3 is 5.32 Å². The van der Waals surface area contributed by atoms with Gasteiger partial charge in [0.1, 0.15) is 5.82 Å². The second kappa shape index (κ2) is 7.35. The Bertz CT molecular complexity index is 862. The minimum Gasteiger partial charge on any atom is -0.322 e. The average molecular weight is 361 g/mol. The topological polar surface area (TPSA) is 63.2 Å². The van der Waals surface area contributed by atoms with E-state index in [-0.39, 0.29) is 17.4 Å². The highest BCUT2D eigenvalue weighted by Gasteiger charge is 2.27. The predicted octanol–water partition coefficient (Wildman–Crippen LogP) is 3.45. The molecule has 1 fully saturated rings. The van der Waals surface area contributed by atoms with Crippen LogP contribution in [0.1, 0.15) is 28.8 Å². The summed E-state index contributed by atoms with van der Waals surface area (Å²) in [7, 11) is -2.82. The number of rotatable bonds is 5. The second-order valence-corrected chi connectivity index (χ2v) is 8.70. The molecule has 25 heavy (non-hydrogen) atoms. The van der Waals surface area contributed by atoms with Crippen LogP contribution >= 0.6 is 0 Å². The van der Waals surface area contributed by atoms with Gasteiger partial charge in [-0.2, -0.15) is 0 Å². The first-order valence-corrected chi connectivity index (χ1v) is 10.1. The van der Waals surface area contributed by atoms with Crippen molar-refractivity contribution in [3.05, 3.63) is 65.5 Å². The van der Waals surface area contributed by atoms with E-state index in [4.69, 9.17) is 0 Å². The Labute approximate surface area is 147 Å². The number of amides is 1. The second-order valence-electron chi connectivity index (χ2n) is 6.47. The number of carbonyl (C=O) groups is 1. The molecule has 1 heterocycles. The summed E-state index contributed by atoms with van der Waals surface area (Å²) < 4.78 is 36.1. The van der Waals surface area contributed by atoms with Crippen LogP contribution in [-0.2, 0) is 16.3 Å². The molecule has 3 rings (SSSR count). The molecule has 1 saturated heterocycles. The van der Waals surface area contributed by atoms with Gasteiger partial charge in [0.25, 0.3) is 5.91 Å². The van der Waals surface area contributed by atoms with E-state index in [1.807, 2.05) is 12.1 Å². The smallest absolute Gasteiger partial charge is 0.255 e. The monoisotopic (exact) mass is 361 g/mol. The molecule has 132 valence electrons. The molecule has 0 saturated carbocycles. The standard InChI is InChI=1S/C19H20FNO3S/c20-17-3-1-2-16(12-17)19(22)21-18-8-6-14(7-9-18)4-5-15-10-11-25(23,24)13-15/h1-3,6-9,12,15H,4-5,10-11,13H2,(H,21,22)/t15-/m0/s1.